The first kappa shape index (κ1) is 20.8. The van der Waals surface area contributed by atoms with E-state index in [0.717, 1.165) is 22.3 Å². The maximum Gasteiger partial charge on any atom is 0.387 e. The number of halogens is 2. The first-order chi connectivity index (χ1) is 14.0. The highest BCUT2D eigenvalue weighted by Crippen LogP contribution is 2.30. The lowest BCUT2D eigenvalue weighted by atomic mass is 10.0. The number of hydrogen-bond acceptors (Lipinski definition) is 4. The van der Waals surface area contributed by atoms with Crippen LogP contribution in [0.15, 0.2) is 53.9 Å². The highest BCUT2D eigenvalue weighted by atomic mass is 32.1. The van der Waals surface area contributed by atoms with E-state index in [9.17, 15) is 13.6 Å². The first-order valence-electron chi connectivity index (χ1n) is 9.02. The predicted molar refractivity (Wildman–Crippen MR) is 110 cm³/mol. The number of ether oxygens (including phenoxy) is 2. The highest BCUT2D eigenvalue weighted by Gasteiger charge is 2.15. The van der Waals surface area contributed by atoms with Gasteiger partial charge in [-0.25, -0.2) is 0 Å². The van der Waals surface area contributed by atoms with E-state index in [1.165, 1.54) is 24.5 Å². The molecule has 0 radical (unpaired) electrons. The summed E-state index contributed by atoms with van der Waals surface area (Å²) in [4.78, 5) is 13.3. The number of hydrogen-bond donors (Lipinski definition) is 1. The van der Waals surface area contributed by atoms with Crippen molar-refractivity contribution in [3.05, 3.63) is 69.9 Å². The summed E-state index contributed by atoms with van der Waals surface area (Å²) >= 11 is 1.39. The van der Waals surface area contributed by atoms with Crippen LogP contribution in [0, 0.1) is 6.92 Å². The van der Waals surface area contributed by atoms with E-state index in [0.29, 0.717) is 17.8 Å². The Hall–Kier alpha value is -2.93. The van der Waals surface area contributed by atoms with Crippen LogP contribution in [-0.2, 0) is 6.42 Å². The molecule has 0 unspecified atom stereocenters. The van der Waals surface area contributed by atoms with Crippen molar-refractivity contribution in [1.82, 2.24) is 5.32 Å². The lowest BCUT2D eigenvalue weighted by Gasteiger charge is -2.12. The van der Waals surface area contributed by atoms with Crippen LogP contribution in [0.5, 0.6) is 11.5 Å². The molecule has 0 bridgehead atoms. The van der Waals surface area contributed by atoms with Crippen LogP contribution < -0.4 is 14.8 Å². The molecule has 0 aliphatic heterocycles. The number of carbonyl (C=O) groups is 1. The maximum absolute atomic E-state index is 12.6. The van der Waals surface area contributed by atoms with Gasteiger partial charge >= 0.3 is 6.61 Å². The van der Waals surface area contributed by atoms with Gasteiger partial charge in [0.25, 0.3) is 5.91 Å². The molecule has 1 N–H and O–H groups in total. The molecule has 0 fully saturated rings. The molecule has 29 heavy (non-hydrogen) atoms. The molecule has 1 aromatic heterocycles. The minimum absolute atomic E-state index is 0.0220. The number of methoxy groups -OCH3 is 1. The molecule has 1 heterocycles. The van der Waals surface area contributed by atoms with Crippen LogP contribution in [0.25, 0.3) is 11.1 Å². The van der Waals surface area contributed by atoms with Gasteiger partial charge in [0.1, 0.15) is 0 Å². The van der Waals surface area contributed by atoms with Gasteiger partial charge in [-0.3, -0.25) is 4.79 Å². The van der Waals surface area contributed by atoms with Gasteiger partial charge in [-0.05, 0) is 48.1 Å². The first-order valence-corrected chi connectivity index (χ1v) is 9.90. The van der Waals surface area contributed by atoms with E-state index in [-0.39, 0.29) is 17.4 Å². The zero-order valence-electron chi connectivity index (χ0n) is 16.1. The summed E-state index contributed by atoms with van der Waals surface area (Å²) in [5.41, 5.74) is 3.80. The molecule has 3 aromatic rings. The van der Waals surface area contributed by atoms with Crippen LogP contribution in [0.3, 0.4) is 0 Å². The third kappa shape index (κ3) is 5.32. The molecule has 0 aliphatic carbocycles. The summed E-state index contributed by atoms with van der Waals surface area (Å²) in [5.74, 6) is 0.0544. The van der Waals surface area contributed by atoms with E-state index < -0.39 is 6.61 Å². The van der Waals surface area contributed by atoms with E-state index >= 15 is 0 Å². The largest absolute Gasteiger partial charge is 0.493 e. The smallest absolute Gasteiger partial charge is 0.387 e. The fraction of sp³-hybridized carbons (Fsp3) is 0.227. The average Bonchev–Trinajstić information content (AvgIpc) is 3.18. The second-order valence-electron chi connectivity index (χ2n) is 6.40. The van der Waals surface area contributed by atoms with Gasteiger partial charge in [0.2, 0.25) is 0 Å². The van der Waals surface area contributed by atoms with E-state index in [4.69, 9.17) is 4.74 Å². The molecule has 2 aromatic carbocycles. The quantitative estimate of drug-likeness (QED) is 0.541. The van der Waals surface area contributed by atoms with Crippen molar-refractivity contribution >= 4 is 17.2 Å². The number of benzene rings is 2. The summed E-state index contributed by atoms with van der Waals surface area (Å²) in [5, 5.41) is 4.79. The summed E-state index contributed by atoms with van der Waals surface area (Å²) in [6.45, 7) is -0.551. The number of rotatable bonds is 8. The molecular weight excluding hydrogens is 396 g/mol. The molecule has 1 amide bonds. The Labute approximate surface area is 172 Å². The van der Waals surface area contributed by atoms with Crippen LogP contribution in [0.1, 0.15) is 20.8 Å². The zero-order chi connectivity index (χ0) is 20.8. The van der Waals surface area contributed by atoms with E-state index in [1.54, 1.807) is 12.1 Å². The lowest BCUT2D eigenvalue weighted by molar-refractivity contribution is -0.0512. The minimum atomic E-state index is -2.93. The number of amides is 1. The molecular formula is C22H21F2NO3S. The standard InChI is InChI=1S/C22H21F2NO3S/c1-14-3-6-16(7-4-14)17-10-12-29-20(17)21(26)25-11-9-15-5-8-18(27-2)19(13-15)28-22(23)24/h3-8,10,12-13,22H,9,11H2,1-2H3,(H,25,26). The predicted octanol–water partition coefficient (Wildman–Crippen LogP) is 5.31. The van der Waals surface area contributed by atoms with Gasteiger partial charge in [-0.15, -0.1) is 11.3 Å². The van der Waals surface area contributed by atoms with Crippen LogP contribution in [-0.4, -0.2) is 26.2 Å². The van der Waals surface area contributed by atoms with Crippen LogP contribution in [0.2, 0.25) is 0 Å². The normalized spacial score (nSPS) is 10.8. The topological polar surface area (TPSA) is 47.6 Å². The van der Waals surface area contributed by atoms with Gasteiger partial charge in [-0.2, -0.15) is 8.78 Å². The van der Waals surface area contributed by atoms with E-state index in [2.05, 4.69) is 10.1 Å². The third-order valence-electron chi connectivity index (χ3n) is 4.38. The lowest BCUT2D eigenvalue weighted by Crippen LogP contribution is -2.25. The molecule has 0 spiro atoms. The van der Waals surface area contributed by atoms with Crippen molar-refractivity contribution in [3.63, 3.8) is 0 Å². The Bertz CT molecular complexity index is 970. The van der Waals surface area contributed by atoms with Gasteiger partial charge < -0.3 is 14.8 Å². The maximum atomic E-state index is 12.6. The summed E-state index contributed by atoms with van der Waals surface area (Å²) < 4.78 is 34.6. The monoisotopic (exact) mass is 417 g/mol. The molecule has 0 aliphatic rings. The second kappa shape index (κ2) is 9.52. The average molecular weight is 417 g/mol. The van der Waals surface area contributed by atoms with Gasteiger partial charge in [-0.1, -0.05) is 35.9 Å². The van der Waals surface area contributed by atoms with Crippen molar-refractivity contribution in [1.29, 1.82) is 0 Å². The third-order valence-corrected chi connectivity index (χ3v) is 5.29. The highest BCUT2D eigenvalue weighted by molar-refractivity contribution is 7.12. The van der Waals surface area contributed by atoms with Gasteiger partial charge in [0.15, 0.2) is 11.5 Å². The van der Waals surface area contributed by atoms with Gasteiger partial charge in [0, 0.05) is 12.1 Å². The van der Waals surface area contributed by atoms with Crippen molar-refractivity contribution in [2.24, 2.45) is 0 Å². The summed E-state index contributed by atoms with van der Waals surface area (Å²) in [6, 6.07) is 14.8. The SMILES string of the molecule is COc1ccc(CCNC(=O)c2sccc2-c2ccc(C)cc2)cc1OC(F)F. The van der Waals surface area contributed by atoms with Crippen molar-refractivity contribution < 1.29 is 23.0 Å². The molecule has 152 valence electrons. The Morgan fingerprint density at radius 1 is 1.10 bits per heavy atom. The number of alkyl halides is 2. The fourth-order valence-corrected chi connectivity index (χ4v) is 3.74. The van der Waals surface area contributed by atoms with Crippen LogP contribution in [0.4, 0.5) is 8.78 Å². The summed E-state index contributed by atoms with van der Waals surface area (Å²) in [6.07, 6.45) is 0.473. The molecule has 0 saturated carbocycles. The zero-order valence-corrected chi connectivity index (χ0v) is 16.9. The number of aryl methyl sites for hydroxylation is 1. The van der Waals surface area contributed by atoms with Crippen LogP contribution >= 0.6 is 11.3 Å². The Balaban J connectivity index is 1.64. The Morgan fingerprint density at radius 2 is 1.86 bits per heavy atom. The number of nitrogens with one attached hydrogen (secondary N) is 1. The Kier molecular flexibility index (Phi) is 6.82. The van der Waals surface area contributed by atoms with Crippen molar-refractivity contribution in [2.75, 3.05) is 13.7 Å². The summed E-state index contributed by atoms with van der Waals surface area (Å²) in [7, 11) is 1.39. The second-order valence-corrected chi connectivity index (χ2v) is 7.32. The number of carbonyl (C=O) groups excluding carboxylic acids is 1. The van der Waals surface area contributed by atoms with Crippen molar-refractivity contribution in [3.8, 4) is 22.6 Å². The molecule has 7 heteroatoms. The van der Waals surface area contributed by atoms with Gasteiger partial charge in [0.05, 0.1) is 12.0 Å². The molecule has 3 rings (SSSR count). The fourth-order valence-electron chi connectivity index (χ4n) is 2.91. The Morgan fingerprint density at radius 3 is 2.55 bits per heavy atom. The number of thiophene rings is 1. The minimum Gasteiger partial charge on any atom is -0.493 e. The molecule has 4 nitrogen and oxygen atoms in total. The molecule has 0 saturated heterocycles. The molecule has 0 atom stereocenters. The van der Waals surface area contributed by atoms with E-state index in [1.807, 2.05) is 42.6 Å². The van der Waals surface area contributed by atoms with Crippen molar-refractivity contribution in [2.45, 2.75) is 20.0 Å².